The molecule has 1 aromatic carbocycles. The SMILES string of the molecule is COCC(NS(=O)(=O)c1ccc(C#N)c(Cl)c1)C(=O)O. The predicted molar refractivity (Wildman–Crippen MR) is 69.8 cm³/mol. The molecule has 0 fully saturated rings. The Hall–Kier alpha value is -1.66. The Morgan fingerprint density at radius 3 is 2.70 bits per heavy atom. The number of nitrogens with one attached hydrogen (secondary N) is 1. The molecule has 0 amide bonds. The predicted octanol–water partition coefficient (Wildman–Crippen LogP) is 0.590. The van der Waals surface area contributed by atoms with Gasteiger partial charge in [0.05, 0.1) is 22.1 Å². The quantitative estimate of drug-likeness (QED) is 0.793. The van der Waals surface area contributed by atoms with E-state index >= 15 is 0 Å². The molecular formula is C11H11ClN2O5S. The van der Waals surface area contributed by atoms with E-state index < -0.39 is 22.0 Å². The number of aliphatic carboxylic acids is 1. The Morgan fingerprint density at radius 2 is 2.25 bits per heavy atom. The third-order valence-electron chi connectivity index (χ3n) is 2.30. The zero-order chi connectivity index (χ0) is 15.3. The minimum Gasteiger partial charge on any atom is -0.480 e. The summed E-state index contributed by atoms with van der Waals surface area (Å²) in [7, 11) is -2.83. The van der Waals surface area contributed by atoms with Gasteiger partial charge in [0.1, 0.15) is 12.1 Å². The van der Waals surface area contributed by atoms with Gasteiger partial charge >= 0.3 is 5.97 Å². The molecule has 20 heavy (non-hydrogen) atoms. The van der Waals surface area contributed by atoms with E-state index in [0.29, 0.717) is 0 Å². The van der Waals surface area contributed by atoms with Gasteiger partial charge in [-0.25, -0.2) is 8.42 Å². The molecule has 0 bridgehead atoms. The number of hydrogen-bond donors (Lipinski definition) is 2. The molecule has 9 heteroatoms. The smallest absolute Gasteiger partial charge is 0.324 e. The fourth-order valence-corrected chi connectivity index (χ4v) is 2.82. The van der Waals surface area contributed by atoms with Gasteiger partial charge < -0.3 is 9.84 Å². The lowest BCUT2D eigenvalue weighted by molar-refractivity contribution is -0.140. The van der Waals surface area contributed by atoms with Gasteiger partial charge in [-0.15, -0.1) is 0 Å². The first kappa shape index (κ1) is 16.4. The normalized spacial score (nSPS) is 12.7. The van der Waals surface area contributed by atoms with Gasteiger partial charge in [-0.1, -0.05) is 11.6 Å². The molecule has 0 spiro atoms. The van der Waals surface area contributed by atoms with Crippen LogP contribution in [0.15, 0.2) is 23.1 Å². The molecule has 0 heterocycles. The molecule has 7 nitrogen and oxygen atoms in total. The van der Waals surface area contributed by atoms with E-state index in [1.165, 1.54) is 19.2 Å². The first-order chi connectivity index (χ1) is 9.31. The lowest BCUT2D eigenvalue weighted by Gasteiger charge is -2.14. The number of rotatable bonds is 6. The van der Waals surface area contributed by atoms with Crippen molar-refractivity contribution in [3.8, 4) is 6.07 Å². The summed E-state index contributed by atoms with van der Waals surface area (Å²) in [6.07, 6.45) is 0. The van der Waals surface area contributed by atoms with Crippen molar-refractivity contribution in [2.75, 3.05) is 13.7 Å². The van der Waals surface area contributed by atoms with Crippen molar-refractivity contribution in [2.45, 2.75) is 10.9 Å². The Bertz CT molecular complexity index is 653. The highest BCUT2D eigenvalue weighted by atomic mass is 35.5. The second-order valence-electron chi connectivity index (χ2n) is 3.72. The second kappa shape index (κ2) is 6.67. The van der Waals surface area contributed by atoms with E-state index in [9.17, 15) is 13.2 Å². The summed E-state index contributed by atoms with van der Waals surface area (Å²) < 4.78 is 30.6. The number of carboxylic acids is 1. The van der Waals surface area contributed by atoms with Crippen LogP contribution in [-0.4, -0.2) is 39.3 Å². The molecular weight excluding hydrogens is 308 g/mol. The monoisotopic (exact) mass is 318 g/mol. The summed E-state index contributed by atoms with van der Waals surface area (Å²) in [4.78, 5) is 10.7. The molecule has 0 aliphatic rings. The van der Waals surface area contributed by atoms with Crippen LogP contribution in [0.5, 0.6) is 0 Å². The number of ether oxygens (including phenoxy) is 1. The fraction of sp³-hybridized carbons (Fsp3) is 0.273. The first-order valence-corrected chi connectivity index (χ1v) is 7.11. The van der Waals surface area contributed by atoms with Crippen LogP contribution in [-0.2, 0) is 19.6 Å². The molecule has 1 aromatic rings. The van der Waals surface area contributed by atoms with Crippen LogP contribution in [0.2, 0.25) is 5.02 Å². The van der Waals surface area contributed by atoms with Gasteiger partial charge in [-0.2, -0.15) is 9.98 Å². The largest absolute Gasteiger partial charge is 0.480 e. The van der Waals surface area contributed by atoms with Crippen LogP contribution >= 0.6 is 11.6 Å². The number of nitriles is 1. The maximum absolute atomic E-state index is 12.0. The van der Waals surface area contributed by atoms with E-state index in [-0.39, 0.29) is 22.1 Å². The van der Waals surface area contributed by atoms with Gasteiger partial charge in [0, 0.05) is 7.11 Å². The number of halogens is 1. The summed E-state index contributed by atoms with van der Waals surface area (Å²) in [5, 5.41) is 17.5. The summed E-state index contributed by atoms with van der Waals surface area (Å²) >= 11 is 5.74. The minimum absolute atomic E-state index is 0.0333. The average Bonchev–Trinajstić information content (AvgIpc) is 2.37. The Kier molecular flexibility index (Phi) is 5.47. The van der Waals surface area contributed by atoms with Crippen molar-refractivity contribution >= 4 is 27.6 Å². The Balaban J connectivity index is 3.08. The van der Waals surface area contributed by atoms with E-state index in [1.54, 1.807) is 6.07 Å². The highest BCUT2D eigenvalue weighted by Gasteiger charge is 2.25. The number of carboxylic acid groups (broad SMARTS) is 1. The highest BCUT2D eigenvalue weighted by molar-refractivity contribution is 7.89. The van der Waals surface area contributed by atoms with Crippen molar-refractivity contribution in [1.29, 1.82) is 5.26 Å². The molecule has 0 aliphatic carbocycles. The van der Waals surface area contributed by atoms with Crippen molar-refractivity contribution in [2.24, 2.45) is 0 Å². The van der Waals surface area contributed by atoms with Crippen LogP contribution in [0.1, 0.15) is 5.56 Å². The number of sulfonamides is 1. The van der Waals surface area contributed by atoms with E-state index in [1.807, 2.05) is 4.72 Å². The van der Waals surface area contributed by atoms with Crippen LogP contribution in [0.3, 0.4) is 0 Å². The van der Waals surface area contributed by atoms with E-state index in [4.69, 9.17) is 22.0 Å². The summed E-state index contributed by atoms with van der Waals surface area (Å²) in [5.41, 5.74) is 0.122. The average molecular weight is 319 g/mol. The maximum Gasteiger partial charge on any atom is 0.324 e. The second-order valence-corrected chi connectivity index (χ2v) is 5.84. The molecule has 0 aromatic heterocycles. The molecule has 108 valence electrons. The third-order valence-corrected chi connectivity index (χ3v) is 4.08. The fourth-order valence-electron chi connectivity index (χ4n) is 1.33. The number of benzene rings is 1. The number of methoxy groups -OCH3 is 1. The minimum atomic E-state index is -4.08. The van der Waals surface area contributed by atoms with E-state index in [2.05, 4.69) is 4.74 Å². The third kappa shape index (κ3) is 3.91. The summed E-state index contributed by atoms with van der Waals surface area (Å²) in [6, 6.07) is 3.86. The topological polar surface area (TPSA) is 116 Å². The highest BCUT2D eigenvalue weighted by Crippen LogP contribution is 2.20. The van der Waals surface area contributed by atoms with Crippen molar-refractivity contribution in [1.82, 2.24) is 4.72 Å². The van der Waals surface area contributed by atoms with Gasteiger partial charge in [-0.3, -0.25) is 4.79 Å². The van der Waals surface area contributed by atoms with Crippen LogP contribution in [0.25, 0.3) is 0 Å². The van der Waals surface area contributed by atoms with Crippen LogP contribution in [0, 0.1) is 11.3 Å². The molecule has 1 rings (SSSR count). The molecule has 0 saturated carbocycles. The Morgan fingerprint density at radius 1 is 1.60 bits per heavy atom. The maximum atomic E-state index is 12.0. The number of nitrogens with zero attached hydrogens (tertiary/aromatic N) is 1. The lowest BCUT2D eigenvalue weighted by Crippen LogP contribution is -2.43. The molecule has 0 aliphatic heterocycles. The van der Waals surface area contributed by atoms with Gasteiger partial charge in [0.25, 0.3) is 0 Å². The zero-order valence-electron chi connectivity index (χ0n) is 10.3. The van der Waals surface area contributed by atoms with Gasteiger partial charge in [-0.05, 0) is 18.2 Å². The van der Waals surface area contributed by atoms with Gasteiger partial charge in [0.2, 0.25) is 10.0 Å². The number of hydrogen-bond acceptors (Lipinski definition) is 5. The Labute approximate surface area is 120 Å². The molecule has 0 saturated heterocycles. The molecule has 1 unspecified atom stereocenters. The van der Waals surface area contributed by atoms with Gasteiger partial charge in [0.15, 0.2) is 0 Å². The molecule has 0 radical (unpaired) electrons. The number of carbonyl (C=O) groups is 1. The summed E-state index contributed by atoms with van der Waals surface area (Å²) in [5.74, 6) is -1.37. The summed E-state index contributed by atoms with van der Waals surface area (Å²) in [6.45, 7) is -0.321. The molecule has 1 atom stereocenters. The van der Waals surface area contributed by atoms with Crippen molar-refractivity contribution in [3.63, 3.8) is 0 Å². The van der Waals surface area contributed by atoms with Crippen molar-refractivity contribution < 1.29 is 23.1 Å². The zero-order valence-corrected chi connectivity index (χ0v) is 11.9. The van der Waals surface area contributed by atoms with Crippen molar-refractivity contribution in [3.05, 3.63) is 28.8 Å². The first-order valence-electron chi connectivity index (χ1n) is 5.25. The standard InChI is InChI=1S/C11H11ClN2O5S/c1-19-6-10(11(15)16)14-20(17,18)8-3-2-7(5-13)9(12)4-8/h2-4,10,14H,6H2,1H3,(H,15,16). The van der Waals surface area contributed by atoms with Crippen LogP contribution in [0.4, 0.5) is 0 Å². The van der Waals surface area contributed by atoms with E-state index in [0.717, 1.165) is 6.07 Å². The lowest BCUT2D eigenvalue weighted by atomic mass is 10.2. The molecule has 2 N–H and O–H groups in total. The van der Waals surface area contributed by atoms with Crippen LogP contribution < -0.4 is 4.72 Å².